The minimum absolute atomic E-state index is 0.0350. The van der Waals surface area contributed by atoms with E-state index in [-0.39, 0.29) is 37.0 Å². The average molecular weight is 897 g/mol. The molecule has 16 nitrogen and oxygen atoms in total. The number of cyclic esters (lactones) is 1. The first kappa shape index (κ1) is 48.3. The van der Waals surface area contributed by atoms with Gasteiger partial charge in [-0.3, -0.25) is 14.4 Å². The summed E-state index contributed by atoms with van der Waals surface area (Å²) in [5.41, 5.74) is 0.647. The fourth-order valence-corrected chi connectivity index (χ4v) is 7.61. The van der Waals surface area contributed by atoms with E-state index in [4.69, 9.17) is 28.4 Å². The highest BCUT2D eigenvalue weighted by Gasteiger charge is 2.55. The van der Waals surface area contributed by atoms with Gasteiger partial charge in [-0.05, 0) is 64.0 Å². The number of aliphatic hydroxyl groups excluding tert-OH is 2. The lowest BCUT2D eigenvalue weighted by Crippen LogP contribution is -2.55. The number of hydrogen-bond acceptors (Lipinski definition) is 14. The lowest BCUT2D eigenvalue weighted by atomic mass is 9.90. The first-order valence-corrected chi connectivity index (χ1v) is 21.4. The highest BCUT2D eigenvalue weighted by Crippen LogP contribution is 2.47. The Morgan fingerprint density at radius 3 is 2.08 bits per heavy atom. The van der Waals surface area contributed by atoms with E-state index in [0.717, 1.165) is 0 Å². The maximum Gasteiger partial charge on any atom is 0.348 e. The number of nitrogens with one attached hydrogen (secondary N) is 2. The molecule has 1 aliphatic carbocycles. The number of esters is 4. The summed E-state index contributed by atoms with van der Waals surface area (Å²) in [4.78, 5) is 78.4. The van der Waals surface area contributed by atoms with Gasteiger partial charge in [-0.25, -0.2) is 14.4 Å². The number of hydrogen-bond donors (Lipinski definition) is 4. The molecule has 2 fully saturated rings. The Kier molecular flexibility index (Phi) is 15.1. The van der Waals surface area contributed by atoms with Crippen LogP contribution in [0.5, 0.6) is 0 Å². The summed E-state index contributed by atoms with van der Waals surface area (Å²) in [7, 11) is 0. The molecule has 2 aliphatic heterocycles. The fraction of sp³-hybridized carbons (Fsp3) is 0.429. The third-order valence-electron chi connectivity index (χ3n) is 11.0. The van der Waals surface area contributed by atoms with Crippen molar-refractivity contribution in [2.75, 3.05) is 13.2 Å². The zero-order valence-electron chi connectivity index (χ0n) is 37.2. The molecule has 0 bridgehead atoms. The predicted molar refractivity (Wildman–Crippen MR) is 233 cm³/mol. The molecular formula is C49H56N2O14. The van der Waals surface area contributed by atoms with Crippen molar-refractivity contribution >= 4 is 41.8 Å². The number of carbonyl (C=O) groups excluding carboxylic acids is 6. The molecule has 2 amide bonds. The van der Waals surface area contributed by atoms with E-state index in [2.05, 4.69) is 10.6 Å². The largest absolute Gasteiger partial charge is 0.462 e. The van der Waals surface area contributed by atoms with Crippen molar-refractivity contribution < 1.29 is 67.4 Å². The van der Waals surface area contributed by atoms with E-state index < -0.39 is 102 Å². The predicted octanol–water partition coefficient (Wildman–Crippen LogP) is 4.20. The van der Waals surface area contributed by atoms with Gasteiger partial charge in [0.2, 0.25) is 23.7 Å². The number of fused-ring (bicyclic) bond motifs is 1. The zero-order valence-corrected chi connectivity index (χ0v) is 37.2. The normalized spacial score (nSPS) is 22.3. The summed E-state index contributed by atoms with van der Waals surface area (Å²) >= 11 is 0. The van der Waals surface area contributed by atoms with Crippen LogP contribution in [0, 0.1) is 5.41 Å². The summed E-state index contributed by atoms with van der Waals surface area (Å²) in [6.45, 7) is 9.61. The molecule has 16 heteroatoms. The van der Waals surface area contributed by atoms with Crippen molar-refractivity contribution in [3.05, 3.63) is 125 Å². The van der Waals surface area contributed by atoms with Gasteiger partial charge in [0, 0.05) is 41.0 Å². The Morgan fingerprint density at radius 2 is 1.52 bits per heavy atom. The number of rotatable bonds is 16. The lowest BCUT2D eigenvalue weighted by molar-refractivity contribution is -0.159. The number of aliphatic hydroxyl groups is 2. The molecule has 2 heterocycles. The molecule has 3 aromatic rings. The Morgan fingerprint density at radius 1 is 0.892 bits per heavy atom. The van der Waals surface area contributed by atoms with Gasteiger partial charge in [0.05, 0.1) is 24.3 Å². The average Bonchev–Trinajstić information content (AvgIpc) is 3.80. The van der Waals surface area contributed by atoms with Gasteiger partial charge < -0.3 is 49.3 Å². The van der Waals surface area contributed by atoms with Gasteiger partial charge in [-0.15, -0.1) is 0 Å². The Balaban J connectivity index is 1.21. The first-order chi connectivity index (χ1) is 30.8. The molecule has 0 spiro atoms. The van der Waals surface area contributed by atoms with Gasteiger partial charge >= 0.3 is 23.9 Å². The van der Waals surface area contributed by atoms with Crippen molar-refractivity contribution in [2.24, 2.45) is 5.41 Å². The van der Waals surface area contributed by atoms with Crippen LogP contribution >= 0.6 is 0 Å². The van der Waals surface area contributed by atoms with Crippen molar-refractivity contribution in [1.29, 1.82) is 0 Å². The van der Waals surface area contributed by atoms with E-state index in [1.165, 1.54) is 31.2 Å². The SMILES string of the molecule is CC(O)C(NC(=O)C1=CC2OC(c3ccccc3)(c3ccccc3)OC2C(OC(=O)c2ccc(C=CC(=O)OC3C(=O)OCC3(C)C)cc2)C1)C(=O)NC(CO)CCC(=O)OC(C)(C)C. The van der Waals surface area contributed by atoms with Crippen LogP contribution in [-0.2, 0) is 58.2 Å². The summed E-state index contributed by atoms with van der Waals surface area (Å²) in [5, 5.41) is 25.9. The summed E-state index contributed by atoms with van der Waals surface area (Å²) < 4.78 is 35.4. The van der Waals surface area contributed by atoms with E-state index in [9.17, 15) is 39.0 Å². The smallest absolute Gasteiger partial charge is 0.348 e. The molecular weight excluding hydrogens is 841 g/mol. The van der Waals surface area contributed by atoms with Gasteiger partial charge in [0.25, 0.3) is 0 Å². The molecule has 4 N–H and O–H groups in total. The molecule has 7 unspecified atom stereocenters. The standard InChI is InChI=1S/C49H56N2O14/c1-29(53)40(44(57)50-35(27-52)22-24-39(55)64-47(2,3)4)51-43(56)32-25-36(41-37(26-32)63-49(65-41,33-13-9-7-10-14-33)34-15-11-8-12-16-34)61-45(58)31-20-17-30(18-21-31)19-23-38(54)62-42-46(59)60-28-48(42,5)6/h7-21,23,26,29,35-37,40-42,52-53H,22,24-25,27-28H2,1-6H3,(H,50,57)(H,51,56). The molecule has 3 aliphatic rings. The van der Waals surface area contributed by atoms with Crippen LogP contribution in [0.1, 0.15) is 87.9 Å². The Bertz CT molecular complexity index is 2230. The van der Waals surface area contributed by atoms with Crippen molar-refractivity contribution in [2.45, 2.75) is 115 Å². The zero-order chi connectivity index (χ0) is 47.1. The second-order valence-corrected chi connectivity index (χ2v) is 17.9. The Hall–Kier alpha value is -6.20. The topological polar surface area (TPSA) is 222 Å². The van der Waals surface area contributed by atoms with E-state index in [1.807, 2.05) is 60.7 Å². The number of amides is 2. The van der Waals surface area contributed by atoms with Crippen LogP contribution in [0.15, 0.2) is 103 Å². The third-order valence-corrected chi connectivity index (χ3v) is 11.0. The second kappa shape index (κ2) is 20.3. The van der Waals surface area contributed by atoms with Gasteiger partial charge in [0.15, 0.2) is 0 Å². The van der Waals surface area contributed by atoms with E-state index >= 15 is 0 Å². The van der Waals surface area contributed by atoms with Crippen molar-refractivity contribution in [3.8, 4) is 0 Å². The van der Waals surface area contributed by atoms with Gasteiger partial charge in [-0.2, -0.15) is 0 Å². The maximum atomic E-state index is 14.1. The van der Waals surface area contributed by atoms with Gasteiger partial charge in [-0.1, -0.05) is 86.6 Å². The molecule has 65 heavy (non-hydrogen) atoms. The van der Waals surface area contributed by atoms with Crippen LogP contribution in [0.3, 0.4) is 0 Å². The third kappa shape index (κ3) is 11.9. The minimum atomic E-state index is -1.49. The molecule has 0 radical (unpaired) electrons. The molecule has 6 rings (SSSR count). The van der Waals surface area contributed by atoms with Gasteiger partial charge in [0.1, 0.15) is 36.6 Å². The van der Waals surface area contributed by atoms with Crippen molar-refractivity contribution in [3.63, 3.8) is 0 Å². The second-order valence-electron chi connectivity index (χ2n) is 17.9. The summed E-state index contributed by atoms with van der Waals surface area (Å²) in [6.07, 6.45) is -1.50. The minimum Gasteiger partial charge on any atom is -0.462 e. The number of carbonyl (C=O) groups is 6. The van der Waals surface area contributed by atoms with Crippen LogP contribution in [-0.4, -0.2) is 107 Å². The molecule has 2 saturated heterocycles. The monoisotopic (exact) mass is 896 g/mol. The molecule has 0 aromatic heterocycles. The highest BCUT2D eigenvalue weighted by atomic mass is 16.8. The van der Waals surface area contributed by atoms with E-state index in [0.29, 0.717) is 16.7 Å². The molecule has 346 valence electrons. The lowest BCUT2D eigenvalue weighted by Gasteiger charge is -2.32. The summed E-state index contributed by atoms with van der Waals surface area (Å²) in [5.74, 6) is -5.68. The summed E-state index contributed by atoms with van der Waals surface area (Å²) in [6, 6.07) is 22.1. The quantitative estimate of drug-likeness (QED) is 0.0900. The number of benzene rings is 3. The van der Waals surface area contributed by atoms with Crippen LogP contribution in [0.25, 0.3) is 6.08 Å². The van der Waals surface area contributed by atoms with Crippen LogP contribution in [0.2, 0.25) is 0 Å². The van der Waals surface area contributed by atoms with E-state index in [1.54, 1.807) is 52.8 Å². The van der Waals surface area contributed by atoms with Crippen LogP contribution in [0.4, 0.5) is 0 Å². The fourth-order valence-electron chi connectivity index (χ4n) is 7.61. The highest BCUT2D eigenvalue weighted by molar-refractivity contribution is 5.98. The number of ether oxygens (including phenoxy) is 6. The van der Waals surface area contributed by atoms with Crippen molar-refractivity contribution in [1.82, 2.24) is 10.6 Å². The molecule has 3 aromatic carbocycles. The first-order valence-electron chi connectivity index (χ1n) is 21.4. The molecule has 7 atom stereocenters. The maximum absolute atomic E-state index is 14.1. The Labute approximate surface area is 377 Å². The molecule has 0 saturated carbocycles. The van der Waals surface area contributed by atoms with Crippen LogP contribution < -0.4 is 10.6 Å².